The fourth-order valence-corrected chi connectivity index (χ4v) is 2.93. The van der Waals surface area contributed by atoms with Crippen LogP contribution in [0.1, 0.15) is 34.6 Å². The van der Waals surface area contributed by atoms with Crippen molar-refractivity contribution in [3.05, 3.63) is 47.0 Å². The number of nitrogens with one attached hydrogen (secondary N) is 2. The topological polar surface area (TPSA) is 59.0 Å². The molecule has 2 aromatic rings. The minimum atomic E-state index is -0.450. The summed E-state index contributed by atoms with van der Waals surface area (Å²) in [5.74, 6) is -0.676. The van der Waals surface area contributed by atoms with Gasteiger partial charge in [-0.15, -0.1) is 0 Å². The van der Waals surface area contributed by atoms with Gasteiger partial charge in [0.1, 0.15) is 11.5 Å². The molecule has 1 fully saturated rings. The third-order valence-electron chi connectivity index (χ3n) is 4.12. The van der Waals surface area contributed by atoms with Crippen molar-refractivity contribution in [1.82, 2.24) is 20.4 Å². The molecule has 1 aliphatic rings. The molecule has 1 aromatic carbocycles. The molecule has 1 saturated heterocycles. The Morgan fingerprint density at radius 2 is 2.04 bits per heavy atom. The Morgan fingerprint density at radius 3 is 2.65 bits per heavy atom. The molecule has 5 nitrogen and oxygen atoms in total. The number of piperidine rings is 1. The van der Waals surface area contributed by atoms with Crippen LogP contribution in [0.25, 0.3) is 5.69 Å². The minimum absolute atomic E-state index is 0.155. The molecule has 0 spiro atoms. The molecule has 2 N–H and O–H groups in total. The van der Waals surface area contributed by atoms with Crippen molar-refractivity contribution in [2.75, 3.05) is 13.1 Å². The monoisotopic (exact) mass is 316 g/mol. The van der Waals surface area contributed by atoms with Crippen LogP contribution in [0.2, 0.25) is 0 Å². The Morgan fingerprint density at radius 1 is 1.30 bits per heavy atom. The molecule has 0 unspecified atom stereocenters. The Bertz CT molecular complexity index is 719. The highest BCUT2D eigenvalue weighted by Crippen LogP contribution is 2.18. The molecular formula is C17H21FN4O. The number of nitrogens with zero attached hydrogens (tertiary/aromatic N) is 2. The van der Waals surface area contributed by atoms with E-state index < -0.39 is 5.82 Å². The Labute approximate surface area is 134 Å². The van der Waals surface area contributed by atoms with Crippen molar-refractivity contribution < 1.29 is 9.18 Å². The van der Waals surface area contributed by atoms with Crippen LogP contribution in [-0.2, 0) is 0 Å². The summed E-state index contributed by atoms with van der Waals surface area (Å²) < 4.78 is 16.0. The first-order valence-corrected chi connectivity index (χ1v) is 7.89. The number of rotatable bonds is 3. The second-order valence-electron chi connectivity index (χ2n) is 6.00. The maximum absolute atomic E-state index is 14.4. The van der Waals surface area contributed by atoms with Crippen molar-refractivity contribution in [1.29, 1.82) is 0 Å². The van der Waals surface area contributed by atoms with E-state index in [1.165, 1.54) is 6.07 Å². The normalized spacial score (nSPS) is 15.6. The molecule has 122 valence electrons. The number of benzene rings is 1. The smallest absolute Gasteiger partial charge is 0.251 e. The molecule has 3 rings (SSSR count). The summed E-state index contributed by atoms with van der Waals surface area (Å²) in [5, 5.41) is 10.5. The van der Waals surface area contributed by atoms with E-state index in [0.717, 1.165) is 37.3 Å². The van der Waals surface area contributed by atoms with Gasteiger partial charge in [-0.05, 0) is 64.0 Å². The third kappa shape index (κ3) is 3.42. The van der Waals surface area contributed by atoms with Crippen molar-refractivity contribution >= 4 is 5.91 Å². The first kappa shape index (κ1) is 15.7. The van der Waals surface area contributed by atoms with Gasteiger partial charge in [0.05, 0.1) is 5.69 Å². The maximum Gasteiger partial charge on any atom is 0.251 e. The number of carbonyl (C=O) groups excluding carboxylic acids is 1. The summed E-state index contributed by atoms with van der Waals surface area (Å²) in [6, 6.07) is 6.57. The SMILES string of the molecule is Cc1cc(C)n(-c2ccc(C(=O)NC3CCNCC3)cc2F)n1. The zero-order valence-corrected chi connectivity index (χ0v) is 13.4. The lowest BCUT2D eigenvalue weighted by Crippen LogP contribution is -2.42. The van der Waals surface area contributed by atoms with Crippen LogP contribution in [-0.4, -0.2) is 34.8 Å². The van der Waals surface area contributed by atoms with E-state index in [1.54, 1.807) is 16.8 Å². The summed E-state index contributed by atoms with van der Waals surface area (Å²) in [6.45, 7) is 5.53. The van der Waals surface area contributed by atoms with Crippen LogP contribution < -0.4 is 10.6 Å². The van der Waals surface area contributed by atoms with Crippen LogP contribution >= 0.6 is 0 Å². The van der Waals surface area contributed by atoms with Gasteiger partial charge in [-0.25, -0.2) is 9.07 Å². The van der Waals surface area contributed by atoms with Crippen LogP contribution in [0.3, 0.4) is 0 Å². The predicted octanol–water partition coefficient (Wildman–Crippen LogP) is 2.11. The standard InChI is InChI=1S/C17H21FN4O/c1-11-9-12(2)22(21-11)16-4-3-13(10-15(16)18)17(23)20-14-5-7-19-8-6-14/h3-4,9-10,14,19H,5-8H2,1-2H3,(H,20,23). The quantitative estimate of drug-likeness (QED) is 0.912. The Balaban J connectivity index is 1.78. The number of amides is 1. The Hall–Kier alpha value is -2.21. The first-order chi connectivity index (χ1) is 11.0. The van der Waals surface area contributed by atoms with Gasteiger partial charge in [0, 0.05) is 17.3 Å². The van der Waals surface area contributed by atoms with E-state index in [0.29, 0.717) is 11.3 Å². The van der Waals surface area contributed by atoms with Gasteiger partial charge in [-0.1, -0.05) is 0 Å². The zero-order chi connectivity index (χ0) is 16.4. The second-order valence-corrected chi connectivity index (χ2v) is 6.00. The molecule has 2 heterocycles. The maximum atomic E-state index is 14.4. The van der Waals surface area contributed by atoms with Crippen molar-refractivity contribution in [2.24, 2.45) is 0 Å². The lowest BCUT2D eigenvalue weighted by Gasteiger charge is -2.23. The number of halogens is 1. The lowest BCUT2D eigenvalue weighted by molar-refractivity contribution is 0.0929. The molecule has 0 atom stereocenters. The molecule has 1 amide bonds. The molecule has 23 heavy (non-hydrogen) atoms. The highest BCUT2D eigenvalue weighted by atomic mass is 19.1. The van der Waals surface area contributed by atoms with Crippen LogP contribution in [0.5, 0.6) is 0 Å². The highest BCUT2D eigenvalue weighted by molar-refractivity contribution is 5.94. The fourth-order valence-electron chi connectivity index (χ4n) is 2.93. The summed E-state index contributed by atoms with van der Waals surface area (Å²) in [5.41, 5.74) is 2.38. The highest BCUT2D eigenvalue weighted by Gasteiger charge is 2.18. The molecular weight excluding hydrogens is 295 g/mol. The van der Waals surface area contributed by atoms with Gasteiger partial charge in [-0.2, -0.15) is 5.10 Å². The number of aromatic nitrogens is 2. The molecule has 6 heteroatoms. The molecule has 0 radical (unpaired) electrons. The van der Waals surface area contributed by atoms with E-state index >= 15 is 0 Å². The van der Waals surface area contributed by atoms with E-state index in [1.807, 2.05) is 19.9 Å². The molecule has 0 bridgehead atoms. The van der Waals surface area contributed by atoms with Gasteiger partial charge in [0.15, 0.2) is 0 Å². The summed E-state index contributed by atoms with van der Waals surface area (Å²) in [6.07, 6.45) is 1.80. The van der Waals surface area contributed by atoms with Gasteiger partial charge in [0.25, 0.3) is 5.91 Å². The Kier molecular flexibility index (Phi) is 4.43. The van der Waals surface area contributed by atoms with Crippen LogP contribution in [0.15, 0.2) is 24.3 Å². The largest absolute Gasteiger partial charge is 0.349 e. The number of carbonyl (C=O) groups is 1. The number of aryl methyl sites for hydroxylation is 2. The third-order valence-corrected chi connectivity index (χ3v) is 4.12. The predicted molar refractivity (Wildman–Crippen MR) is 86.4 cm³/mol. The average molecular weight is 316 g/mol. The van der Waals surface area contributed by atoms with Crippen molar-refractivity contribution in [3.8, 4) is 5.69 Å². The van der Waals surface area contributed by atoms with Crippen molar-refractivity contribution in [2.45, 2.75) is 32.7 Å². The summed E-state index contributed by atoms with van der Waals surface area (Å²) >= 11 is 0. The van der Waals surface area contributed by atoms with E-state index in [2.05, 4.69) is 15.7 Å². The second kappa shape index (κ2) is 6.50. The summed E-state index contributed by atoms with van der Waals surface area (Å²) in [4.78, 5) is 12.3. The molecule has 0 aliphatic carbocycles. The van der Waals surface area contributed by atoms with Gasteiger partial charge in [-0.3, -0.25) is 4.79 Å². The minimum Gasteiger partial charge on any atom is -0.349 e. The molecule has 1 aliphatic heterocycles. The van der Waals surface area contributed by atoms with E-state index in [4.69, 9.17) is 0 Å². The number of hydrogen-bond acceptors (Lipinski definition) is 3. The lowest BCUT2D eigenvalue weighted by atomic mass is 10.1. The fraction of sp³-hybridized carbons (Fsp3) is 0.412. The first-order valence-electron chi connectivity index (χ1n) is 7.89. The zero-order valence-electron chi connectivity index (χ0n) is 13.4. The van der Waals surface area contributed by atoms with E-state index in [9.17, 15) is 9.18 Å². The van der Waals surface area contributed by atoms with E-state index in [-0.39, 0.29) is 11.9 Å². The van der Waals surface area contributed by atoms with Crippen LogP contribution in [0.4, 0.5) is 4.39 Å². The number of hydrogen-bond donors (Lipinski definition) is 2. The van der Waals surface area contributed by atoms with Gasteiger partial charge >= 0.3 is 0 Å². The summed E-state index contributed by atoms with van der Waals surface area (Å²) in [7, 11) is 0. The molecule has 0 saturated carbocycles. The van der Waals surface area contributed by atoms with Crippen molar-refractivity contribution in [3.63, 3.8) is 0 Å². The van der Waals surface area contributed by atoms with Crippen LogP contribution in [0, 0.1) is 19.7 Å². The average Bonchev–Trinajstić information content (AvgIpc) is 2.86. The molecule has 1 aromatic heterocycles. The van der Waals surface area contributed by atoms with Gasteiger partial charge < -0.3 is 10.6 Å². The van der Waals surface area contributed by atoms with Gasteiger partial charge in [0.2, 0.25) is 0 Å².